The SMILES string of the molecule is O=C(O)c1cccc(-c2cccc(N/N=C3\C(=O)N(Cc4ccccc4)C(=O)c4ccccc43)c2O)c1. The van der Waals surface area contributed by atoms with Crippen molar-refractivity contribution in [3.8, 4) is 16.9 Å². The van der Waals surface area contributed by atoms with Crippen molar-refractivity contribution in [1.82, 2.24) is 4.90 Å². The average Bonchev–Trinajstić information content (AvgIpc) is 2.92. The van der Waals surface area contributed by atoms with Crippen molar-refractivity contribution in [3.63, 3.8) is 0 Å². The standard InChI is InChI=1S/C29H21N3O5/c33-26-21(19-10-6-11-20(16-19)29(36)37)14-7-15-24(26)30-31-25-22-12-4-5-13-23(22)27(34)32(28(25)35)17-18-8-2-1-3-9-18/h1-16,30,33H,17H2,(H,36,37)/b31-25-. The molecule has 1 heterocycles. The minimum absolute atomic E-state index is 0.0313. The summed E-state index contributed by atoms with van der Waals surface area (Å²) in [6, 6.07) is 27.0. The van der Waals surface area contributed by atoms with Crippen molar-refractivity contribution in [2.75, 3.05) is 5.43 Å². The highest BCUT2D eigenvalue weighted by molar-refractivity contribution is 6.51. The number of aromatic carboxylic acids is 1. The van der Waals surface area contributed by atoms with Crippen molar-refractivity contribution in [2.45, 2.75) is 6.54 Å². The number of benzene rings is 4. The molecule has 8 heteroatoms. The summed E-state index contributed by atoms with van der Waals surface area (Å²) in [5, 5.41) is 24.5. The fraction of sp³-hybridized carbons (Fsp3) is 0.0345. The minimum atomic E-state index is -1.08. The highest BCUT2D eigenvalue weighted by atomic mass is 16.4. The summed E-state index contributed by atoms with van der Waals surface area (Å²) in [6.07, 6.45) is 0. The minimum Gasteiger partial charge on any atom is -0.505 e. The van der Waals surface area contributed by atoms with Crippen LogP contribution < -0.4 is 5.43 Å². The molecule has 0 saturated heterocycles. The van der Waals surface area contributed by atoms with Gasteiger partial charge in [0.25, 0.3) is 11.8 Å². The maximum Gasteiger partial charge on any atom is 0.335 e. The van der Waals surface area contributed by atoms with Gasteiger partial charge in [0.2, 0.25) is 0 Å². The van der Waals surface area contributed by atoms with Gasteiger partial charge in [-0.1, -0.05) is 72.8 Å². The number of nitrogens with one attached hydrogen (secondary N) is 1. The Hall–Kier alpha value is -5.24. The third-order valence-electron chi connectivity index (χ3n) is 6.03. The van der Waals surface area contributed by atoms with Crippen LogP contribution >= 0.6 is 0 Å². The van der Waals surface area contributed by atoms with Crippen LogP contribution in [0.4, 0.5) is 5.69 Å². The average molecular weight is 492 g/mol. The molecule has 4 aromatic rings. The normalized spacial score (nSPS) is 13.9. The number of phenols is 1. The molecule has 3 N–H and O–H groups in total. The van der Waals surface area contributed by atoms with E-state index in [0.717, 1.165) is 10.5 Å². The zero-order chi connectivity index (χ0) is 25.9. The first-order valence-electron chi connectivity index (χ1n) is 11.4. The highest BCUT2D eigenvalue weighted by Gasteiger charge is 2.36. The lowest BCUT2D eigenvalue weighted by Gasteiger charge is -2.27. The summed E-state index contributed by atoms with van der Waals surface area (Å²) in [4.78, 5) is 39.0. The number of carbonyl (C=O) groups excluding carboxylic acids is 2. The van der Waals surface area contributed by atoms with E-state index < -0.39 is 17.8 Å². The lowest BCUT2D eigenvalue weighted by Crippen LogP contribution is -2.46. The third kappa shape index (κ3) is 4.55. The van der Waals surface area contributed by atoms with E-state index in [1.807, 2.05) is 30.3 Å². The van der Waals surface area contributed by atoms with Gasteiger partial charge in [-0.2, -0.15) is 5.10 Å². The van der Waals surface area contributed by atoms with Gasteiger partial charge in [-0.05, 0) is 35.4 Å². The molecule has 1 aliphatic rings. The molecular weight excluding hydrogens is 470 g/mol. The third-order valence-corrected chi connectivity index (χ3v) is 6.03. The first-order valence-corrected chi connectivity index (χ1v) is 11.4. The maximum atomic E-state index is 13.4. The van der Waals surface area contributed by atoms with E-state index in [9.17, 15) is 24.6 Å². The number of para-hydroxylation sites is 1. The molecule has 0 aliphatic carbocycles. The smallest absolute Gasteiger partial charge is 0.335 e. The molecular formula is C29H21N3O5. The topological polar surface area (TPSA) is 119 Å². The molecule has 0 radical (unpaired) electrons. The number of hydrazone groups is 1. The lowest BCUT2D eigenvalue weighted by molar-refractivity contribution is -0.122. The van der Waals surface area contributed by atoms with Crippen LogP contribution in [0.5, 0.6) is 5.75 Å². The molecule has 5 rings (SSSR count). The van der Waals surface area contributed by atoms with Crippen molar-refractivity contribution in [1.29, 1.82) is 0 Å². The Kier molecular flexibility index (Phi) is 6.22. The summed E-state index contributed by atoms with van der Waals surface area (Å²) in [7, 11) is 0. The van der Waals surface area contributed by atoms with Crippen LogP contribution in [0, 0.1) is 0 Å². The van der Waals surface area contributed by atoms with Gasteiger partial charge in [0.1, 0.15) is 5.75 Å². The zero-order valence-corrected chi connectivity index (χ0v) is 19.5. The van der Waals surface area contributed by atoms with Crippen molar-refractivity contribution < 1.29 is 24.6 Å². The Bertz CT molecular complexity index is 1560. The molecule has 2 amide bonds. The van der Waals surface area contributed by atoms with E-state index in [-0.39, 0.29) is 29.3 Å². The largest absolute Gasteiger partial charge is 0.505 e. The summed E-state index contributed by atoms with van der Waals surface area (Å²) < 4.78 is 0. The van der Waals surface area contributed by atoms with Crippen molar-refractivity contribution in [2.24, 2.45) is 5.10 Å². The molecule has 4 aromatic carbocycles. The van der Waals surface area contributed by atoms with Crippen LogP contribution in [0.15, 0.2) is 102 Å². The van der Waals surface area contributed by atoms with Gasteiger partial charge in [0, 0.05) is 16.7 Å². The monoisotopic (exact) mass is 491 g/mol. The van der Waals surface area contributed by atoms with Gasteiger partial charge >= 0.3 is 5.97 Å². The quantitative estimate of drug-likeness (QED) is 0.203. The van der Waals surface area contributed by atoms with Crippen molar-refractivity contribution in [3.05, 3.63) is 119 Å². The Morgan fingerprint density at radius 3 is 2.22 bits per heavy atom. The number of rotatable bonds is 6. The Balaban J connectivity index is 1.51. The number of imide groups is 1. The van der Waals surface area contributed by atoms with Gasteiger partial charge in [0.15, 0.2) is 5.71 Å². The predicted octanol–water partition coefficient (Wildman–Crippen LogP) is 4.76. The second-order valence-corrected chi connectivity index (χ2v) is 8.39. The van der Waals surface area contributed by atoms with Crippen LogP contribution in [0.1, 0.15) is 31.8 Å². The molecule has 8 nitrogen and oxygen atoms in total. The summed E-state index contributed by atoms with van der Waals surface area (Å²) in [5.41, 5.74) is 5.53. The molecule has 182 valence electrons. The first-order chi connectivity index (χ1) is 17.9. The number of carboxylic acids is 1. The number of fused-ring (bicyclic) bond motifs is 1. The second kappa shape index (κ2) is 9.79. The highest BCUT2D eigenvalue weighted by Crippen LogP contribution is 2.36. The number of amides is 2. The van der Waals surface area contributed by atoms with Crippen LogP contribution in [-0.2, 0) is 11.3 Å². The summed E-state index contributed by atoms with van der Waals surface area (Å²) in [6.45, 7) is 0.0898. The van der Waals surface area contributed by atoms with Gasteiger partial charge in [-0.25, -0.2) is 4.79 Å². The van der Waals surface area contributed by atoms with Crippen LogP contribution in [0.3, 0.4) is 0 Å². The molecule has 0 saturated carbocycles. The fourth-order valence-electron chi connectivity index (χ4n) is 4.18. The van der Waals surface area contributed by atoms with E-state index in [0.29, 0.717) is 22.3 Å². The van der Waals surface area contributed by atoms with Crippen LogP contribution in [0.2, 0.25) is 0 Å². The number of hydrogen-bond acceptors (Lipinski definition) is 6. The zero-order valence-electron chi connectivity index (χ0n) is 19.5. The molecule has 1 aliphatic heterocycles. The number of carboxylic acid groups (broad SMARTS) is 1. The van der Waals surface area contributed by atoms with E-state index in [2.05, 4.69) is 10.5 Å². The number of anilines is 1. The molecule has 0 bridgehead atoms. The molecule has 0 aromatic heterocycles. The van der Waals surface area contributed by atoms with Gasteiger partial charge < -0.3 is 10.2 Å². The molecule has 0 fully saturated rings. The van der Waals surface area contributed by atoms with Gasteiger partial charge in [0.05, 0.1) is 17.8 Å². The second-order valence-electron chi connectivity index (χ2n) is 8.39. The summed E-state index contributed by atoms with van der Waals surface area (Å²) >= 11 is 0. The van der Waals surface area contributed by atoms with E-state index in [1.54, 1.807) is 54.6 Å². The number of carbonyl (C=O) groups is 3. The number of nitrogens with zero attached hydrogens (tertiary/aromatic N) is 2. The van der Waals surface area contributed by atoms with E-state index in [4.69, 9.17) is 0 Å². The Labute approximate surface area is 212 Å². The van der Waals surface area contributed by atoms with Crippen LogP contribution in [0.25, 0.3) is 11.1 Å². The van der Waals surface area contributed by atoms with E-state index in [1.165, 1.54) is 12.1 Å². The number of hydrogen-bond donors (Lipinski definition) is 3. The molecule has 37 heavy (non-hydrogen) atoms. The van der Waals surface area contributed by atoms with Gasteiger partial charge in [-0.3, -0.25) is 19.9 Å². The predicted molar refractivity (Wildman–Crippen MR) is 138 cm³/mol. The van der Waals surface area contributed by atoms with Crippen molar-refractivity contribution >= 4 is 29.2 Å². The fourth-order valence-corrected chi connectivity index (χ4v) is 4.18. The molecule has 0 spiro atoms. The Morgan fingerprint density at radius 2 is 1.46 bits per heavy atom. The van der Waals surface area contributed by atoms with Gasteiger partial charge in [-0.15, -0.1) is 0 Å². The first kappa shape index (κ1) is 23.5. The van der Waals surface area contributed by atoms with Crippen LogP contribution in [-0.4, -0.2) is 38.6 Å². The lowest BCUT2D eigenvalue weighted by atomic mass is 9.96. The number of aromatic hydroxyl groups is 1. The number of phenolic OH excluding ortho intramolecular Hbond substituents is 1. The summed E-state index contributed by atoms with van der Waals surface area (Å²) in [5.74, 6) is -2.22. The maximum absolute atomic E-state index is 13.4. The Morgan fingerprint density at radius 1 is 0.784 bits per heavy atom. The van der Waals surface area contributed by atoms with E-state index >= 15 is 0 Å². The molecule has 0 atom stereocenters. The molecule has 0 unspecified atom stereocenters.